The Morgan fingerprint density at radius 3 is 2.45 bits per heavy atom. The van der Waals surface area contributed by atoms with Crippen LogP contribution in [0.4, 0.5) is 5.69 Å². The lowest BCUT2D eigenvalue weighted by Crippen LogP contribution is -2.46. The Bertz CT molecular complexity index is 1210. The Hall–Kier alpha value is -2.16. The molecule has 0 bridgehead atoms. The number of amides is 1. The minimum Gasteiger partial charge on any atom is -0.372 e. The number of aromatic nitrogens is 1. The molecule has 1 amide bonds. The number of hydrogen-bond donors (Lipinski definition) is 0. The maximum absolute atomic E-state index is 13.6. The van der Waals surface area contributed by atoms with Crippen LogP contribution in [0, 0.1) is 0 Å². The van der Waals surface area contributed by atoms with E-state index in [2.05, 4.69) is 24.8 Å². The molecule has 1 saturated carbocycles. The van der Waals surface area contributed by atoms with Gasteiger partial charge in [-0.05, 0) is 38.8 Å². The number of para-hydroxylation sites is 1. The summed E-state index contributed by atoms with van der Waals surface area (Å²) in [5.41, 5.74) is 2.19. The monoisotopic (exact) mass is 483 g/mol. The van der Waals surface area contributed by atoms with Crippen molar-refractivity contribution in [2.45, 2.75) is 57.8 Å². The Balaban J connectivity index is 1.66. The molecular weight excluding hydrogens is 454 g/mol. The molecular formula is C25H29N3O3S2. The van der Waals surface area contributed by atoms with Gasteiger partial charge in [0.2, 0.25) is 0 Å². The van der Waals surface area contributed by atoms with Gasteiger partial charge in [-0.1, -0.05) is 55.0 Å². The zero-order chi connectivity index (χ0) is 23.3. The number of thiocarbonyl (C=S) groups is 1. The molecule has 6 nitrogen and oxygen atoms in total. The fourth-order valence-corrected chi connectivity index (χ4v) is 6.80. The number of rotatable bonds is 3. The van der Waals surface area contributed by atoms with Crippen LogP contribution < -0.4 is 10.5 Å². The summed E-state index contributed by atoms with van der Waals surface area (Å²) < 4.78 is 8.24. The van der Waals surface area contributed by atoms with E-state index in [1.165, 1.54) is 11.8 Å². The van der Waals surface area contributed by atoms with Gasteiger partial charge in [-0.15, -0.1) is 0 Å². The maximum Gasteiger partial charge on any atom is 0.266 e. The number of anilines is 1. The lowest BCUT2D eigenvalue weighted by atomic mass is 10.0. The molecule has 3 heterocycles. The van der Waals surface area contributed by atoms with Gasteiger partial charge in [0.05, 0.1) is 33.9 Å². The largest absolute Gasteiger partial charge is 0.372 e. The van der Waals surface area contributed by atoms with Gasteiger partial charge in [0.15, 0.2) is 0 Å². The average molecular weight is 484 g/mol. The van der Waals surface area contributed by atoms with E-state index in [0.29, 0.717) is 27.9 Å². The van der Waals surface area contributed by atoms with Crippen molar-refractivity contribution in [3.05, 3.63) is 45.1 Å². The predicted molar refractivity (Wildman–Crippen MR) is 139 cm³/mol. The zero-order valence-electron chi connectivity index (χ0n) is 19.2. The van der Waals surface area contributed by atoms with Crippen molar-refractivity contribution >= 4 is 56.9 Å². The molecule has 3 fully saturated rings. The highest BCUT2D eigenvalue weighted by atomic mass is 32.2. The second-order valence-corrected chi connectivity index (χ2v) is 11.0. The topological polar surface area (TPSA) is 54.8 Å². The van der Waals surface area contributed by atoms with Crippen LogP contribution in [0.25, 0.3) is 17.0 Å². The van der Waals surface area contributed by atoms with Crippen LogP contribution >= 0.6 is 24.0 Å². The van der Waals surface area contributed by atoms with Gasteiger partial charge < -0.3 is 14.2 Å². The number of pyridine rings is 1. The van der Waals surface area contributed by atoms with E-state index in [1.54, 1.807) is 22.6 Å². The Kier molecular flexibility index (Phi) is 6.09. The molecule has 0 spiro atoms. The van der Waals surface area contributed by atoms with Gasteiger partial charge in [0.1, 0.15) is 4.32 Å². The summed E-state index contributed by atoms with van der Waals surface area (Å²) >= 11 is 6.91. The van der Waals surface area contributed by atoms with Crippen LogP contribution in [-0.4, -0.2) is 51.0 Å². The highest BCUT2D eigenvalue weighted by Gasteiger charge is 2.38. The molecule has 174 valence electrons. The van der Waals surface area contributed by atoms with Gasteiger partial charge in [-0.3, -0.25) is 14.5 Å². The van der Waals surface area contributed by atoms with E-state index < -0.39 is 0 Å². The number of carbonyl (C=O) groups is 1. The quantitative estimate of drug-likeness (QED) is 0.479. The highest BCUT2D eigenvalue weighted by molar-refractivity contribution is 8.26. The second kappa shape index (κ2) is 8.89. The molecule has 0 N–H and O–H groups in total. The summed E-state index contributed by atoms with van der Waals surface area (Å²) in [6.07, 6.45) is 6.12. The number of nitrogens with zero attached hydrogens (tertiary/aromatic N) is 3. The van der Waals surface area contributed by atoms with Crippen LogP contribution in [0.15, 0.2) is 34.0 Å². The highest BCUT2D eigenvalue weighted by Crippen LogP contribution is 2.39. The van der Waals surface area contributed by atoms with Gasteiger partial charge >= 0.3 is 0 Å². The number of morpholine rings is 1. The fraction of sp³-hybridized carbons (Fsp3) is 0.480. The fourth-order valence-electron chi connectivity index (χ4n) is 5.42. The summed E-state index contributed by atoms with van der Waals surface area (Å²) in [7, 11) is 1.79. The lowest BCUT2D eigenvalue weighted by molar-refractivity contribution is -0.123. The van der Waals surface area contributed by atoms with E-state index in [4.69, 9.17) is 17.0 Å². The Morgan fingerprint density at radius 1 is 1.09 bits per heavy atom. The van der Waals surface area contributed by atoms with E-state index >= 15 is 0 Å². The molecule has 1 aliphatic carbocycles. The molecule has 2 saturated heterocycles. The standard InChI is InChI=1S/C25H29N3O3S2/c1-15-13-27(14-16(2)31-15)22-18-10-6-7-11-20(18)26(3)23(29)19(22)12-21-24(30)28(25(32)33-21)17-8-4-5-9-17/h6-7,10-12,15-17H,4-5,8-9,13-14H2,1-3H3. The first-order valence-corrected chi connectivity index (χ1v) is 12.9. The van der Waals surface area contributed by atoms with E-state index in [9.17, 15) is 9.59 Å². The third-order valence-corrected chi connectivity index (χ3v) is 8.17. The Labute approximate surface area is 203 Å². The molecule has 8 heteroatoms. The van der Waals surface area contributed by atoms with Gasteiger partial charge in [-0.25, -0.2) is 0 Å². The van der Waals surface area contributed by atoms with Crippen molar-refractivity contribution in [3.63, 3.8) is 0 Å². The van der Waals surface area contributed by atoms with Gasteiger partial charge in [-0.2, -0.15) is 0 Å². The number of hydrogen-bond acceptors (Lipinski definition) is 6. The summed E-state index contributed by atoms with van der Waals surface area (Å²) in [6, 6.07) is 8.14. The molecule has 2 unspecified atom stereocenters. The van der Waals surface area contributed by atoms with Crippen LogP contribution in [-0.2, 0) is 16.6 Å². The summed E-state index contributed by atoms with van der Waals surface area (Å²) in [6.45, 7) is 5.48. The van der Waals surface area contributed by atoms with Crippen molar-refractivity contribution in [1.29, 1.82) is 0 Å². The first-order valence-electron chi connectivity index (χ1n) is 11.6. The average Bonchev–Trinajstić information content (AvgIpc) is 3.39. The molecule has 0 radical (unpaired) electrons. The summed E-state index contributed by atoms with van der Waals surface area (Å²) in [4.78, 5) is 31.5. The van der Waals surface area contributed by atoms with Crippen LogP contribution in [0.1, 0.15) is 45.1 Å². The third-order valence-electron chi connectivity index (χ3n) is 6.84. The van der Waals surface area contributed by atoms with Crippen molar-refractivity contribution in [3.8, 4) is 0 Å². The number of ether oxygens (including phenoxy) is 1. The maximum atomic E-state index is 13.6. The molecule has 2 aromatic rings. The smallest absolute Gasteiger partial charge is 0.266 e. The lowest BCUT2D eigenvalue weighted by Gasteiger charge is -2.38. The van der Waals surface area contributed by atoms with Gasteiger partial charge in [0.25, 0.3) is 11.5 Å². The van der Waals surface area contributed by atoms with Crippen LogP contribution in [0.3, 0.4) is 0 Å². The van der Waals surface area contributed by atoms with Crippen LogP contribution in [0.5, 0.6) is 0 Å². The molecule has 3 aliphatic rings. The molecule has 2 aliphatic heterocycles. The van der Waals surface area contributed by atoms with E-state index in [0.717, 1.165) is 42.3 Å². The number of thioether (sulfide) groups is 1. The normalized spacial score (nSPS) is 25.7. The minimum absolute atomic E-state index is 0.0463. The van der Waals surface area contributed by atoms with Gasteiger partial charge in [0, 0.05) is 31.6 Å². The van der Waals surface area contributed by atoms with Crippen molar-refractivity contribution < 1.29 is 9.53 Å². The molecule has 33 heavy (non-hydrogen) atoms. The summed E-state index contributed by atoms with van der Waals surface area (Å²) in [5.74, 6) is -0.0678. The number of carbonyl (C=O) groups excluding carboxylic acids is 1. The number of fused-ring (bicyclic) bond motifs is 1. The number of benzene rings is 1. The van der Waals surface area contributed by atoms with Crippen LogP contribution in [0.2, 0.25) is 0 Å². The van der Waals surface area contributed by atoms with E-state index in [1.807, 2.05) is 18.2 Å². The number of aryl methyl sites for hydroxylation is 1. The molecule has 5 rings (SSSR count). The molecule has 1 aromatic heterocycles. The van der Waals surface area contributed by atoms with Crippen molar-refractivity contribution in [2.75, 3.05) is 18.0 Å². The minimum atomic E-state index is -0.110. The van der Waals surface area contributed by atoms with Crippen molar-refractivity contribution in [1.82, 2.24) is 9.47 Å². The SMILES string of the molecule is CC1CN(c2c(C=C3SC(=S)N(C4CCCC4)C3=O)c(=O)n(C)c3ccccc23)CC(C)O1. The molecule has 2 atom stereocenters. The first-order chi connectivity index (χ1) is 15.8. The Morgan fingerprint density at radius 2 is 1.76 bits per heavy atom. The first kappa shape index (κ1) is 22.6. The summed E-state index contributed by atoms with van der Waals surface area (Å²) in [5, 5.41) is 0.999. The van der Waals surface area contributed by atoms with E-state index in [-0.39, 0.29) is 29.7 Å². The molecule has 1 aromatic carbocycles. The zero-order valence-corrected chi connectivity index (χ0v) is 20.9. The predicted octanol–water partition coefficient (Wildman–Crippen LogP) is 4.30. The third kappa shape index (κ3) is 4.02. The second-order valence-electron chi connectivity index (χ2n) is 9.30. The van der Waals surface area contributed by atoms with Crippen molar-refractivity contribution in [2.24, 2.45) is 7.05 Å².